The fourth-order valence-electron chi connectivity index (χ4n) is 2.90. The number of hydrogen-bond donors (Lipinski definition) is 1. The van der Waals surface area contributed by atoms with Crippen LogP contribution in [0.25, 0.3) is 0 Å². The Hall–Kier alpha value is -1.81. The highest BCUT2D eigenvalue weighted by Crippen LogP contribution is 2.45. The smallest absolute Gasteiger partial charge is 0.254 e. The first-order chi connectivity index (χ1) is 10.1. The van der Waals surface area contributed by atoms with Gasteiger partial charge < -0.3 is 10.1 Å². The molecule has 0 aliphatic carbocycles. The maximum absolute atomic E-state index is 12.1. The van der Waals surface area contributed by atoms with E-state index in [4.69, 9.17) is 4.74 Å². The maximum Gasteiger partial charge on any atom is 0.254 e. The maximum atomic E-state index is 12.1. The molecule has 0 saturated heterocycles. The van der Waals surface area contributed by atoms with E-state index in [1.807, 2.05) is 31.2 Å². The number of rotatable bonds is 2. The van der Waals surface area contributed by atoms with Crippen molar-refractivity contribution in [1.29, 1.82) is 0 Å². The van der Waals surface area contributed by atoms with Crippen molar-refractivity contribution < 1.29 is 9.53 Å². The number of ether oxygens (including phenoxy) is 1. The number of fused-ring (bicyclic) bond motifs is 1. The van der Waals surface area contributed by atoms with Gasteiger partial charge in [-0.25, -0.2) is 0 Å². The van der Waals surface area contributed by atoms with Gasteiger partial charge in [0.1, 0.15) is 11.9 Å². The standard InChI is InChI=1S/C17H16BrNO2/c1-10-15(11-6-4-3-5-7-11)13-8-12(18)9-14(16(13)21-10)17(20)19-2/h3-10,15H,1-2H3,(H,19,20). The molecule has 3 rings (SSSR count). The van der Waals surface area contributed by atoms with Crippen LogP contribution in [0.5, 0.6) is 5.75 Å². The summed E-state index contributed by atoms with van der Waals surface area (Å²) in [5, 5.41) is 2.67. The molecule has 0 bridgehead atoms. The molecule has 0 aromatic heterocycles. The topological polar surface area (TPSA) is 38.3 Å². The molecular weight excluding hydrogens is 330 g/mol. The predicted octanol–water partition coefficient (Wildman–Crippen LogP) is 3.72. The van der Waals surface area contributed by atoms with Gasteiger partial charge in [-0.3, -0.25) is 4.79 Å². The average Bonchev–Trinajstić information content (AvgIpc) is 2.82. The molecule has 2 unspecified atom stereocenters. The third-order valence-electron chi connectivity index (χ3n) is 3.82. The van der Waals surface area contributed by atoms with Gasteiger partial charge in [0, 0.05) is 23.0 Å². The molecule has 0 spiro atoms. The normalized spacial score (nSPS) is 19.8. The first-order valence-electron chi connectivity index (χ1n) is 6.89. The van der Waals surface area contributed by atoms with Crippen molar-refractivity contribution in [2.45, 2.75) is 18.9 Å². The summed E-state index contributed by atoms with van der Waals surface area (Å²) in [6, 6.07) is 14.1. The zero-order chi connectivity index (χ0) is 15.0. The van der Waals surface area contributed by atoms with Crippen molar-refractivity contribution in [2.24, 2.45) is 0 Å². The number of amides is 1. The van der Waals surface area contributed by atoms with Gasteiger partial charge in [0.15, 0.2) is 0 Å². The fourth-order valence-corrected chi connectivity index (χ4v) is 3.37. The lowest BCUT2D eigenvalue weighted by Crippen LogP contribution is -2.19. The van der Waals surface area contributed by atoms with E-state index < -0.39 is 0 Å². The van der Waals surface area contributed by atoms with E-state index in [0.717, 1.165) is 10.0 Å². The van der Waals surface area contributed by atoms with Crippen molar-refractivity contribution in [2.75, 3.05) is 7.05 Å². The Morgan fingerprint density at radius 2 is 1.95 bits per heavy atom. The molecule has 21 heavy (non-hydrogen) atoms. The van der Waals surface area contributed by atoms with Crippen molar-refractivity contribution >= 4 is 21.8 Å². The molecule has 2 aromatic rings. The molecule has 108 valence electrons. The molecule has 0 radical (unpaired) electrons. The molecule has 1 heterocycles. The molecular formula is C17H16BrNO2. The first kappa shape index (κ1) is 14.1. The quantitative estimate of drug-likeness (QED) is 0.900. The van der Waals surface area contributed by atoms with Gasteiger partial charge in [0.25, 0.3) is 5.91 Å². The minimum Gasteiger partial charge on any atom is -0.489 e. The fraction of sp³-hybridized carbons (Fsp3) is 0.235. The van der Waals surface area contributed by atoms with E-state index in [2.05, 4.69) is 33.4 Å². The van der Waals surface area contributed by atoms with Crippen molar-refractivity contribution in [3.63, 3.8) is 0 Å². The SMILES string of the molecule is CNC(=O)c1cc(Br)cc2c1OC(C)C2c1ccccc1. The summed E-state index contributed by atoms with van der Waals surface area (Å²) in [4.78, 5) is 12.1. The van der Waals surface area contributed by atoms with E-state index in [1.54, 1.807) is 13.1 Å². The summed E-state index contributed by atoms with van der Waals surface area (Å²) in [5.41, 5.74) is 2.83. The number of hydrogen-bond acceptors (Lipinski definition) is 2. The molecule has 3 nitrogen and oxygen atoms in total. The second-order valence-corrected chi connectivity index (χ2v) is 6.08. The third-order valence-corrected chi connectivity index (χ3v) is 4.28. The lowest BCUT2D eigenvalue weighted by atomic mass is 9.88. The predicted molar refractivity (Wildman–Crippen MR) is 85.9 cm³/mol. The van der Waals surface area contributed by atoms with E-state index in [-0.39, 0.29) is 17.9 Å². The zero-order valence-corrected chi connectivity index (χ0v) is 13.5. The average molecular weight is 346 g/mol. The van der Waals surface area contributed by atoms with Gasteiger partial charge >= 0.3 is 0 Å². The van der Waals surface area contributed by atoms with Crippen molar-refractivity contribution in [3.05, 3.63) is 63.6 Å². The van der Waals surface area contributed by atoms with Crippen LogP contribution in [0.2, 0.25) is 0 Å². The van der Waals surface area contributed by atoms with Gasteiger partial charge in [0.05, 0.1) is 5.56 Å². The van der Waals surface area contributed by atoms with Crippen LogP contribution in [0, 0.1) is 0 Å². The lowest BCUT2D eigenvalue weighted by molar-refractivity contribution is 0.0958. The minimum absolute atomic E-state index is 0.0000983. The van der Waals surface area contributed by atoms with Crippen LogP contribution in [0.4, 0.5) is 0 Å². The van der Waals surface area contributed by atoms with E-state index in [0.29, 0.717) is 11.3 Å². The van der Waals surface area contributed by atoms with Crippen LogP contribution in [-0.2, 0) is 0 Å². The molecule has 2 atom stereocenters. The Morgan fingerprint density at radius 3 is 2.62 bits per heavy atom. The Labute approximate surface area is 132 Å². The molecule has 0 fully saturated rings. The molecule has 1 amide bonds. The largest absolute Gasteiger partial charge is 0.489 e. The number of nitrogens with one attached hydrogen (secondary N) is 1. The minimum atomic E-state index is -0.131. The molecule has 1 aliphatic rings. The lowest BCUT2D eigenvalue weighted by Gasteiger charge is -2.15. The summed E-state index contributed by atoms with van der Waals surface area (Å²) in [5.74, 6) is 0.703. The zero-order valence-electron chi connectivity index (χ0n) is 11.9. The van der Waals surface area contributed by atoms with E-state index in [1.165, 1.54) is 5.56 Å². The second kappa shape index (κ2) is 5.53. The summed E-state index contributed by atoms with van der Waals surface area (Å²) < 4.78 is 6.89. The summed E-state index contributed by atoms with van der Waals surface area (Å²) in [6.07, 6.45) is 0.0000983. The molecule has 0 saturated carbocycles. The Balaban J connectivity index is 2.15. The van der Waals surface area contributed by atoms with Gasteiger partial charge in [-0.05, 0) is 24.6 Å². The van der Waals surface area contributed by atoms with Crippen LogP contribution >= 0.6 is 15.9 Å². The highest BCUT2D eigenvalue weighted by atomic mass is 79.9. The molecule has 1 N–H and O–H groups in total. The summed E-state index contributed by atoms with van der Waals surface area (Å²) >= 11 is 3.50. The monoisotopic (exact) mass is 345 g/mol. The number of carbonyl (C=O) groups excluding carboxylic acids is 1. The van der Waals surface area contributed by atoms with Crippen LogP contribution in [0.1, 0.15) is 34.3 Å². The summed E-state index contributed by atoms with van der Waals surface area (Å²) in [7, 11) is 1.63. The number of halogens is 1. The second-order valence-electron chi connectivity index (χ2n) is 5.16. The van der Waals surface area contributed by atoms with E-state index >= 15 is 0 Å². The van der Waals surface area contributed by atoms with Crippen LogP contribution in [0.3, 0.4) is 0 Å². The Morgan fingerprint density at radius 1 is 1.24 bits per heavy atom. The Bertz CT molecular complexity index is 685. The van der Waals surface area contributed by atoms with Crippen LogP contribution < -0.4 is 10.1 Å². The molecule has 2 aromatic carbocycles. The highest BCUT2D eigenvalue weighted by molar-refractivity contribution is 9.10. The van der Waals surface area contributed by atoms with Gasteiger partial charge in [0.2, 0.25) is 0 Å². The van der Waals surface area contributed by atoms with Crippen LogP contribution in [0.15, 0.2) is 46.9 Å². The van der Waals surface area contributed by atoms with Gasteiger partial charge in [-0.15, -0.1) is 0 Å². The molecule has 4 heteroatoms. The first-order valence-corrected chi connectivity index (χ1v) is 7.68. The highest BCUT2D eigenvalue weighted by Gasteiger charge is 2.35. The van der Waals surface area contributed by atoms with Gasteiger partial charge in [-0.2, -0.15) is 0 Å². The summed E-state index contributed by atoms with van der Waals surface area (Å²) in [6.45, 7) is 2.04. The number of carbonyl (C=O) groups is 1. The van der Waals surface area contributed by atoms with Crippen LogP contribution in [-0.4, -0.2) is 19.1 Å². The van der Waals surface area contributed by atoms with Gasteiger partial charge in [-0.1, -0.05) is 46.3 Å². The number of benzene rings is 2. The van der Waals surface area contributed by atoms with E-state index in [9.17, 15) is 4.79 Å². The van der Waals surface area contributed by atoms with Crippen molar-refractivity contribution in [1.82, 2.24) is 5.32 Å². The Kier molecular flexibility index (Phi) is 3.72. The molecule has 1 aliphatic heterocycles. The third kappa shape index (κ3) is 2.44. The van der Waals surface area contributed by atoms with Crippen molar-refractivity contribution in [3.8, 4) is 5.75 Å².